The highest BCUT2D eigenvalue weighted by Crippen LogP contribution is 2.44. The summed E-state index contributed by atoms with van der Waals surface area (Å²) in [5, 5.41) is 10.4. The van der Waals surface area contributed by atoms with Gasteiger partial charge in [0.05, 0.1) is 13.0 Å². The van der Waals surface area contributed by atoms with Gasteiger partial charge in [-0.1, -0.05) is 26.0 Å². The van der Waals surface area contributed by atoms with Crippen molar-refractivity contribution in [2.24, 2.45) is 28.7 Å². The summed E-state index contributed by atoms with van der Waals surface area (Å²) >= 11 is 0. The SMILES string of the molecule is COc1ccc(C2CN(C3=CC=C(C#N)N=C4CC34)CC2C(=O)N2C=CCCC(C(=O)C(C)C)CC2)c(P)c1. The second kappa shape index (κ2) is 11.5. The number of rotatable bonds is 6. The van der Waals surface area contributed by atoms with Crippen LogP contribution < -0.4 is 10.0 Å². The van der Waals surface area contributed by atoms with Crippen LogP contribution in [0.4, 0.5) is 0 Å². The molecule has 4 aliphatic rings. The number of nitriles is 1. The first-order valence-corrected chi connectivity index (χ1v) is 14.5. The van der Waals surface area contributed by atoms with Crippen LogP contribution in [0.3, 0.4) is 0 Å². The first-order valence-electron chi connectivity index (χ1n) is 13.9. The molecule has 2 fully saturated rings. The predicted octanol–water partition coefficient (Wildman–Crippen LogP) is 4.34. The minimum Gasteiger partial charge on any atom is -0.497 e. The van der Waals surface area contributed by atoms with E-state index in [2.05, 4.69) is 31.3 Å². The summed E-state index contributed by atoms with van der Waals surface area (Å²) in [5.74, 6) is 1.14. The third-order valence-corrected chi connectivity index (χ3v) is 8.94. The van der Waals surface area contributed by atoms with E-state index in [1.165, 1.54) is 0 Å². The predicted molar refractivity (Wildman–Crippen MR) is 156 cm³/mol. The van der Waals surface area contributed by atoms with Gasteiger partial charge in [0, 0.05) is 67.3 Å². The van der Waals surface area contributed by atoms with Crippen LogP contribution in [0.1, 0.15) is 51.0 Å². The second-order valence-corrected chi connectivity index (χ2v) is 11.9. The Morgan fingerprint density at radius 2 is 2.03 bits per heavy atom. The molecule has 7 nitrogen and oxygen atoms in total. The number of aliphatic imine (C=N–C) groups is 1. The number of nitrogens with zero attached hydrogens (tertiary/aromatic N) is 4. The summed E-state index contributed by atoms with van der Waals surface area (Å²) in [6.45, 7) is 5.78. The van der Waals surface area contributed by atoms with Gasteiger partial charge in [0.1, 0.15) is 23.3 Å². The number of ether oxygens (including phenoxy) is 1. The Hall–Kier alpha value is -3.23. The molecule has 204 valence electrons. The van der Waals surface area contributed by atoms with Gasteiger partial charge in [-0.15, -0.1) is 9.24 Å². The normalized spacial score (nSPS) is 26.4. The fourth-order valence-electron chi connectivity index (χ4n) is 6.17. The number of hydrogen-bond acceptors (Lipinski definition) is 6. The van der Waals surface area contributed by atoms with E-state index < -0.39 is 0 Å². The van der Waals surface area contributed by atoms with Gasteiger partial charge in [-0.2, -0.15) is 5.26 Å². The van der Waals surface area contributed by atoms with Gasteiger partial charge in [-0.3, -0.25) is 9.59 Å². The van der Waals surface area contributed by atoms with Crippen molar-refractivity contribution < 1.29 is 14.3 Å². The first-order chi connectivity index (χ1) is 18.8. The maximum Gasteiger partial charge on any atom is 0.232 e. The topological polar surface area (TPSA) is 86.0 Å². The molecule has 0 radical (unpaired) electrons. The van der Waals surface area contributed by atoms with Crippen LogP contribution in [0.25, 0.3) is 0 Å². The highest BCUT2D eigenvalue weighted by Gasteiger charge is 2.46. The number of benzene rings is 1. The Bertz CT molecular complexity index is 1320. The van der Waals surface area contributed by atoms with E-state index in [1.54, 1.807) is 13.2 Å². The lowest BCUT2D eigenvalue weighted by Gasteiger charge is -2.29. The Labute approximate surface area is 233 Å². The number of fused-ring (bicyclic) bond motifs is 1. The smallest absolute Gasteiger partial charge is 0.232 e. The zero-order chi connectivity index (χ0) is 27.7. The molecule has 1 aliphatic carbocycles. The van der Waals surface area contributed by atoms with Gasteiger partial charge in [0.2, 0.25) is 5.91 Å². The summed E-state index contributed by atoms with van der Waals surface area (Å²) in [5.41, 5.74) is 3.74. The maximum absolute atomic E-state index is 14.2. The molecule has 0 aromatic heterocycles. The molecule has 1 saturated carbocycles. The third-order valence-electron chi connectivity index (χ3n) is 8.44. The lowest BCUT2D eigenvalue weighted by atomic mass is 9.86. The fourth-order valence-corrected chi connectivity index (χ4v) is 6.65. The van der Waals surface area contributed by atoms with Crippen LogP contribution in [0.5, 0.6) is 5.75 Å². The Kier molecular flexibility index (Phi) is 8.05. The highest BCUT2D eigenvalue weighted by atomic mass is 31.0. The number of carbonyl (C=O) groups excluding carboxylic acids is 2. The molecule has 1 aromatic rings. The van der Waals surface area contributed by atoms with Gasteiger partial charge in [0.15, 0.2) is 0 Å². The molecule has 39 heavy (non-hydrogen) atoms. The van der Waals surface area contributed by atoms with E-state index in [9.17, 15) is 14.9 Å². The van der Waals surface area contributed by atoms with Crippen molar-refractivity contribution >= 4 is 31.9 Å². The molecule has 3 heterocycles. The molecule has 1 aromatic carbocycles. The van der Waals surface area contributed by atoms with Crippen LogP contribution in [0.2, 0.25) is 0 Å². The van der Waals surface area contributed by atoms with Crippen molar-refractivity contribution in [2.75, 3.05) is 26.7 Å². The number of likely N-dealkylation sites (tertiary alicyclic amines) is 1. The second-order valence-electron chi connectivity index (χ2n) is 11.3. The Balaban J connectivity index is 1.43. The van der Waals surface area contributed by atoms with Gasteiger partial charge in [0.25, 0.3) is 0 Å². The van der Waals surface area contributed by atoms with E-state index in [1.807, 2.05) is 49.2 Å². The minimum absolute atomic E-state index is 0.00480. The zero-order valence-corrected chi connectivity index (χ0v) is 24.1. The molecule has 5 atom stereocenters. The number of carbonyl (C=O) groups is 2. The minimum atomic E-state index is -0.247. The summed E-state index contributed by atoms with van der Waals surface area (Å²) in [6.07, 6.45) is 11.0. The van der Waals surface area contributed by atoms with E-state index >= 15 is 0 Å². The third kappa shape index (κ3) is 5.72. The molecule has 8 heteroatoms. The summed E-state index contributed by atoms with van der Waals surface area (Å²) in [4.78, 5) is 35.6. The van der Waals surface area contributed by atoms with Gasteiger partial charge in [-0.05, 0) is 54.4 Å². The van der Waals surface area contributed by atoms with Crippen LogP contribution in [0, 0.1) is 35.0 Å². The van der Waals surface area contributed by atoms with E-state index in [0.29, 0.717) is 37.5 Å². The van der Waals surface area contributed by atoms with Crippen molar-refractivity contribution in [3.05, 3.63) is 59.6 Å². The number of ketones is 1. The lowest BCUT2D eigenvalue weighted by Crippen LogP contribution is -2.38. The standard InChI is InChI=1S/C31H37N4O3P/c1-19(2)30(36)20-6-4-5-12-34(13-11-20)31(37)26-18-35(28-10-7-21(16-32)33-27-15-24(27)28)17-25(26)23-9-8-22(38-3)14-29(23)39/h5,7-10,12,14,19-20,24-26H,4,6,11,13,15,17-18,39H2,1-3H3. The van der Waals surface area contributed by atoms with Crippen molar-refractivity contribution in [3.8, 4) is 11.8 Å². The average Bonchev–Trinajstić information content (AvgIpc) is 3.57. The molecule has 1 amide bonds. The van der Waals surface area contributed by atoms with Gasteiger partial charge < -0.3 is 14.5 Å². The highest BCUT2D eigenvalue weighted by molar-refractivity contribution is 7.27. The molecule has 3 aliphatic heterocycles. The molecular weight excluding hydrogens is 507 g/mol. The molecule has 0 spiro atoms. The molecule has 5 rings (SSSR count). The van der Waals surface area contributed by atoms with Crippen LogP contribution in [0.15, 0.2) is 59.0 Å². The fraction of sp³-hybridized carbons (Fsp3) is 0.484. The van der Waals surface area contributed by atoms with Gasteiger partial charge >= 0.3 is 0 Å². The summed E-state index contributed by atoms with van der Waals surface area (Å²) in [6, 6.07) is 8.21. The number of methoxy groups -OCH3 is 1. The van der Waals surface area contributed by atoms with E-state index in [-0.39, 0.29) is 35.5 Å². The summed E-state index contributed by atoms with van der Waals surface area (Å²) < 4.78 is 5.43. The van der Waals surface area contributed by atoms with Crippen LogP contribution in [-0.4, -0.2) is 53.9 Å². The molecule has 1 saturated heterocycles. The summed E-state index contributed by atoms with van der Waals surface area (Å²) in [7, 11) is 4.48. The number of allylic oxidation sites excluding steroid dienone is 5. The van der Waals surface area contributed by atoms with Crippen molar-refractivity contribution in [3.63, 3.8) is 0 Å². The number of Topliss-reactive ketones (excluding diaryl/α,β-unsaturated/α-hetero) is 1. The van der Waals surface area contributed by atoms with Crippen molar-refractivity contribution in [1.82, 2.24) is 9.80 Å². The quantitative estimate of drug-likeness (QED) is 0.498. The molecular formula is C31H37N4O3P. The number of amides is 1. The maximum atomic E-state index is 14.2. The Morgan fingerprint density at radius 3 is 2.74 bits per heavy atom. The van der Waals surface area contributed by atoms with E-state index in [0.717, 1.165) is 47.3 Å². The van der Waals surface area contributed by atoms with E-state index in [4.69, 9.17) is 4.74 Å². The molecule has 0 bridgehead atoms. The van der Waals surface area contributed by atoms with Crippen molar-refractivity contribution in [1.29, 1.82) is 5.26 Å². The van der Waals surface area contributed by atoms with Crippen LogP contribution in [-0.2, 0) is 9.59 Å². The number of hydrogen-bond donors (Lipinski definition) is 0. The van der Waals surface area contributed by atoms with Crippen molar-refractivity contribution in [2.45, 2.75) is 45.4 Å². The lowest BCUT2D eigenvalue weighted by molar-refractivity contribution is -0.134. The van der Waals surface area contributed by atoms with Gasteiger partial charge in [-0.25, -0.2) is 4.99 Å². The zero-order valence-electron chi connectivity index (χ0n) is 23.0. The monoisotopic (exact) mass is 544 g/mol. The molecule has 0 N–H and O–H groups in total. The Morgan fingerprint density at radius 1 is 1.21 bits per heavy atom. The molecule has 5 unspecified atom stereocenters. The average molecular weight is 545 g/mol. The largest absolute Gasteiger partial charge is 0.497 e. The first kappa shape index (κ1) is 27.3. The van der Waals surface area contributed by atoms with Crippen LogP contribution >= 0.6 is 9.24 Å².